The van der Waals surface area contributed by atoms with Crippen molar-refractivity contribution in [2.75, 3.05) is 5.43 Å². The summed E-state index contributed by atoms with van der Waals surface area (Å²) in [7, 11) is 0. The SMILES string of the molecule is O=[N+]([O-])c1ccc(OC(F)F)c(C=NNc2c([N+](=O)[O-])cc(C(F)(F)F)cc2[N+](=O)[O-])c1. The van der Waals surface area contributed by atoms with E-state index in [0.29, 0.717) is 6.21 Å². The van der Waals surface area contributed by atoms with E-state index in [1.165, 1.54) is 0 Å². The van der Waals surface area contributed by atoms with Gasteiger partial charge in [0.2, 0.25) is 5.69 Å². The molecule has 0 atom stereocenters. The van der Waals surface area contributed by atoms with Crippen molar-refractivity contribution < 1.29 is 41.5 Å². The number of hydrogen-bond acceptors (Lipinski definition) is 9. The van der Waals surface area contributed by atoms with Gasteiger partial charge >= 0.3 is 24.2 Å². The molecule has 12 nitrogen and oxygen atoms in total. The Morgan fingerprint density at radius 2 is 1.53 bits per heavy atom. The van der Waals surface area contributed by atoms with Crippen LogP contribution in [0.15, 0.2) is 35.4 Å². The maximum absolute atomic E-state index is 12.9. The van der Waals surface area contributed by atoms with Crippen molar-refractivity contribution in [2.24, 2.45) is 5.10 Å². The third-order valence-corrected chi connectivity index (χ3v) is 3.62. The number of benzene rings is 2. The Labute approximate surface area is 172 Å². The number of nitro benzene ring substituents is 3. The van der Waals surface area contributed by atoms with Crippen molar-refractivity contribution in [1.82, 2.24) is 0 Å². The van der Waals surface area contributed by atoms with Crippen molar-refractivity contribution in [3.63, 3.8) is 0 Å². The number of hydrogen-bond donors (Lipinski definition) is 1. The van der Waals surface area contributed by atoms with Crippen LogP contribution in [0.1, 0.15) is 11.1 Å². The monoisotopic (exact) mass is 465 g/mol. The first-order chi connectivity index (χ1) is 14.8. The fraction of sp³-hybridized carbons (Fsp3) is 0.133. The molecule has 0 unspecified atom stereocenters. The van der Waals surface area contributed by atoms with Crippen LogP contribution in [0.3, 0.4) is 0 Å². The van der Waals surface area contributed by atoms with Gasteiger partial charge in [-0.25, -0.2) is 0 Å². The largest absolute Gasteiger partial charge is 0.434 e. The predicted octanol–water partition coefficient (Wildman–Crippen LogP) is 4.48. The molecular formula is C15H8F5N5O7. The van der Waals surface area contributed by atoms with Gasteiger partial charge in [-0.05, 0) is 6.07 Å². The summed E-state index contributed by atoms with van der Waals surface area (Å²) in [5, 5.41) is 36.5. The molecule has 0 saturated heterocycles. The second-order valence-corrected chi connectivity index (χ2v) is 5.63. The molecule has 0 aliphatic heterocycles. The summed E-state index contributed by atoms with van der Waals surface area (Å²) >= 11 is 0. The molecule has 1 N–H and O–H groups in total. The molecule has 0 radical (unpaired) electrons. The van der Waals surface area contributed by atoms with Crippen LogP contribution < -0.4 is 10.2 Å². The lowest BCUT2D eigenvalue weighted by molar-refractivity contribution is -0.392. The Morgan fingerprint density at radius 3 is 1.97 bits per heavy atom. The third-order valence-electron chi connectivity index (χ3n) is 3.62. The van der Waals surface area contributed by atoms with Gasteiger partial charge in [0.15, 0.2) is 0 Å². The van der Waals surface area contributed by atoms with Gasteiger partial charge in [0, 0.05) is 29.8 Å². The lowest BCUT2D eigenvalue weighted by Gasteiger charge is -2.10. The van der Waals surface area contributed by atoms with E-state index in [1.54, 1.807) is 5.43 Å². The van der Waals surface area contributed by atoms with Gasteiger partial charge in [0.1, 0.15) is 5.75 Å². The van der Waals surface area contributed by atoms with E-state index in [4.69, 9.17) is 0 Å². The van der Waals surface area contributed by atoms with Crippen molar-refractivity contribution in [2.45, 2.75) is 12.8 Å². The van der Waals surface area contributed by atoms with Gasteiger partial charge in [-0.15, -0.1) is 0 Å². The first-order valence-corrected chi connectivity index (χ1v) is 7.87. The van der Waals surface area contributed by atoms with Crippen LogP contribution in [-0.4, -0.2) is 27.6 Å². The zero-order valence-electron chi connectivity index (χ0n) is 15.1. The van der Waals surface area contributed by atoms with Crippen LogP contribution in [-0.2, 0) is 6.18 Å². The second-order valence-electron chi connectivity index (χ2n) is 5.63. The lowest BCUT2D eigenvalue weighted by atomic mass is 10.1. The molecule has 0 fully saturated rings. The van der Waals surface area contributed by atoms with E-state index >= 15 is 0 Å². The van der Waals surface area contributed by atoms with Gasteiger partial charge in [0.25, 0.3) is 5.69 Å². The molecule has 0 aliphatic carbocycles. The number of hydrazone groups is 1. The highest BCUT2D eigenvalue weighted by molar-refractivity contribution is 5.86. The van der Waals surface area contributed by atoms with Crippen molar-refractivity contribution >= 4 is 29.0 Å². The van der Waals surface area contributed by atoms with E-state index in [1.807, 2.05) is 0 Å². The Kier molecular flexibility index (Phi) is 6.81. The van der Waals surface area contributed by atoms with E-state index in [-0.39, 0.29) is 12.1 Å². The van der Waals surface area contributed by atoms with Gasteiger partial charge in [0.05, 0.1) is 26.5 Å². The number of halogens is 5. The number of ether oxygens (including phenoxy) is 1. The van der Waals surface area contributed by atoms with Crippen LogP contribution >= 0.6 is 0 Å². The number of nitrogens with one attached hydrogen (secondary N) is 1. The van der Waals surface area contributed by atoms with Gasteiger partial charge in [-0.1, -0.05) is 0 Å². The molecular weight excluding hydrogens is 457 g/mol. The molecule has 2 aromatic carbocycles. The Morgan fingerprint density at radius 1 is 0.969 bits per heavy atom. The zero-order chi connectivity index (χ0) is 24.2. The molecule has 0 aliphatic rings. The highest BCUT2D eigenvalue weighted by Gasteiger charge is 2.37. The predicted molar refractivity (Wildman–Crippen MR) is 95.7 cm³/mol. The number of non-ortho nitro benzene ring substituents is 1. The summed E-state index contributed by atoms with van der Waals surface area (Å²) in [5.41, 5.74) is -4.65. The summed E-state index contributed by atoms with van der Waals surface area (Å²) in [6.07, 6.45) is -4.54. The van der Waals surface area contributed by atoms with Gasteiger partial charge < -0.3 is 4.74 Å². The minimum absolute atomic E-state index is 0.0313. The molecule has 0 heterocycles. The quantitative estimate of drug-likeness (QED) is 0.258. The third kappa shape index (κ3) is 5.58. The molecule has 32 heavy (non-hydrogen) atoms. The molecule has 2 rings (SSSR count). The number of anilines is 1. The molecule has 170 valence electrons. The zero-order valence-corrected chi connectivity index (χ0v) is 15.1. The van der Waals surface area contributed by atoms with Gasteiger partial charge in [-0.3, -0.25) is 35.8 Å². The summed E-state index contributed by atoms with van der Waals surface area (Å²) < 4.78 is 67.9. The minimum Gasteiger partial charge on any atom is -0.434 e. The van der Waals surface area contributed by atoms with Crippen molar-refractivity contribution in [3.8, 4) is 5.75 Å². The topological polar surface area (TPSA) is 163 Å². The summed E-state index contributed by atoms with van der Waals surface area (Å²) in [5.74, 6) is -0.604. The smallest absolute Gasteiger partial charge is 0.416 e. The van der Waals surface area contributed by atoms with E-state index in [9.17, 15) is 52.3 Å². The fourth-order valence-electron chi connectivity index (χ4n) is 2.30. The molecule has 2 aromatic rings. The Bertz CT molecular complexity index is 1070. The molecule has 0 bridgehead atoms. The molecule has 17 heteroatoms. The molecule has 0 saturated carbocycles. The molecule has 0 aromatic heterocycles. The normalized spacial score (nSPS) is 11.6. The molecule has 0 spiro atoms. The first kappa shape index (κ1) is 23.8. The van der Waals surface area contributed by atoms with Crippen molar-refractivity contribution in [1.29, 1.82) is 0 Å². The van der Waals surface area contributed by atoms with Crippen LogP contribution in [0.2, 0.25) is 0 Å². The Hall–Kier alpha value is -4.44. The standard InChI is InChI=1S/C15H8F5N5O7/c16-14(17)32-12-2-1-9(23(26)27)3-7(12)6-21-22-13-10(24(28)29)4-8(15(18,19)20)5-11(13)25(30)31/h1-6,14,22H. The molecule has 0 amide bonds. The van der Waals surface area contributed by atoms with Crippen molar-refractivity contribution in [3.05, 3.63) is 71.8 Å². The number of nitro groups is 3. The summed E-state index contributed by atoms with van der Waals surface area (Å²) in [6.45, 7) is -3.34. The summed E-state index contributed by atoms with van der Waals surface area (Å²) in [4.78, 5) is 29.6. The number of nitrogens with zero attached hydrogens (tertiary/aromatic N) is 4. The fourth-order valence-corrected chi connectivity index (χ4v) is 2.30. The first-order valence-electron chi connectivity index (χ1n) is 7.87. The second kappa shape index (κ2) is 9.14. The van der Waals surface area contributed by atoms with Gasteiger partial charge in [-0.2, -0.15) is 27.1 Å². The Balaban J connectivity index is 2.54. The van der Waals surface area contributed by atoms with Crippen LogP contribution in [0, 0.1) is 30.3 Å². The van der Waals surface area contributed by atoms with E-state index in [2.05, 4.69) is 9.84 Å². The van der Waals surface area contributed by atoms with Crippen LogP contribution in [0.4, 0.5) is 44.7 Å². The maximum Gasteiger partial charge on any atom is 0.416 e. The highest BCUT2D eigenvalue weighted by atomic mass is 19.4. The maximum atomic E-state index is 12.9. The van der Waals surface area contributed by atoms with E-state index < -0.39 is 67.2 Å². The number of alkyl halides is 5. The summed E-state index contributed by atoms with van der Waals surface area (Å²) in [6, 6.07) is 2.42. The van der Waals surface area contributed by atoms with Crippen LogP contribution in [0.25, 0.3) is 0 Å². The average Bonchev–Trinajstić information content (AvgIpc) is 2.67. The lowest BCUT2D eigenvalue weighted by Crippen LogP contribution is -2.09. The average molecular weight is 465 g/mol. The minimum atomic E-state index is -5.14. The van der Waals surface area contributed by atoms with Crippen LogP contribution in [0.5, 0.6) is 5.75 Å². The highest BCUT2D eigenvalue weighted by Crippen LogP contribution is 2.41. The van der Waals surface area contributed by atoms with E-state index in [0.717, 1.165) is 18.2 Å². The number of rotatable bonds is 8.